The zero-order chi connectivity index (χ0) is 20.9. The van der Waals surface area contributed by atoms with Crippen LogP contribution in [0.4, 0.5) is 8.78 Å². The van der Waals surface area contributed by atoms with Crippen LogP contribution in [0.3, 0.4) is 0 Å². The first-order valence-corrected chi connectivity index (χ1v) is 10.0. The number of fused-ring (bicyclic) bond motifs is 1. The Kier molecular flexibility index (Phi) is 6.23. The minimum atomic E-state index is -2.35. The Morgan fingerprint density at radius 3 is 2.67 bits per heavy atom. The molecule has 2 aromatic heterocycles. The number of benzene rings is 1. The van der Waals surface area contributed by atoms with Crippen molar-refractivity contribution in [2.75, 3.05) is 19.6 Å². The van der Waals surface area contributed by atoms with Gasteiger partial charge in [-0.25, -0.2) is 8.78 Å². The van der Waals surface area contributed by atoms with E-state index in [-0.39, 0.29) is 24.9 Å². The minimum absolute atomic E-state index is 0.0132. The average molecular weight is 411 g/mol. The van der Waals surface area contributed by atoms with Gasteiger partial charge in [-0.2, -0.15) is 0 Å². The maximum Gasteiger partial charge on any atom is 0.250 e. The summed E-state index contributed by atoms with van der Waals surface area (Å²) in [6.07, 6.45) is 6.03. The Bertz CT molecular complexity index is 1010. The van der Waals surface area contributed by atoms with E-state index in [0.717, 1.165) is 22.0 Å². The fourth-order valence-corrected chi connectivity index (χ4v) is 3.75. The first-order chi connectivity index (χ1) is 14.6. The molecule has 0 saturated carbocycles. The molecule has 3 aromatic rings. The molecule has 0 atom stereocenters. The average Bonchev–Trinajstić information content (AvgIpc) is 2.78. The van der Waals surface area contributed by atoms with Gasteiger partial charge >= 0.3 is 0 Å². The SMILES string of the molecule is O=C(Cc1cc2cc(-c3cnccn3)ccc2cn1)N1CCC(NCC(F)F)CC1. The highest BCUT2D eigenvalue weighted by Gasteiger charge is 2.23. The molecule has 4 rings (SSSR count). The van der Waals surface area contributed by atoms with Gasteiger partial charge in [0.25, 0.3) is 6.43 Å². The molecule has 30 heavy (non-hydrogen) atoms. The van der Waals surface area contributed by atoms with Gasteiger partial charge in [-0.15, -0.1) is 0 Å². The van der Waals surface area contributed by atoms with Crippen LogP contribution in [-0.2, 0) is 11.2 Å². The third kappa shape index (κ3) is 4.94. The van der Waals surface area contributed by atoms with Crippen LogP contribution in [-0.4, -0.2) is 57.9 Å². The molecular formula is C22H23F2N5O. The van der Waals surface area contributed by atoms with E-state index in [1.54, 1.807) is 29.7 Å². The van der Waals surface area contributed by atoms with Crippen molar-refractivity contribution in [2.24, 2.45) is 0 Å². The predicted molar refractivity (Wildman–Crippen MR) is 110 cm³/mol. The molecule has 3 heterocycles. The molecule has 1 aromatic carbocycles. The zero-order valence-electron chi connectivity index (χ0n) is 16.5. The number of pyridine rings is 1. The van der Waals surface area contributed by atoms with E-state index in [4.69, 9.17) is 0 Å². The van der Waals surface area contributed by atoms with Crippen molar-refractivity contribution in [1.29, 1.82) is 0 Å². The number of hydrogen-bond acceptors (Lipinski definition) is 5. The molecular weight excluding hydrogens is 388 g/mol. The molecule has 1 aliphatic rings. The summed E-state index contributed by atoms with van der Waals surface area (Å²) in [7, 11) is 0. The fraction of sp³-hybridized carbons (Fsp3) is 0.364. The van der Waals surface area contributed by atoms with Crippen LogP contribution < -0.4 is 5.32 Å². The van der Waals surface area contributed by atoms with Crippen LogP contribution in [0.2, 0.25) is 0 Å². The van der Waals surface area contributed by atoms with Gasteiger partial charge in [-0.1, -0.05) is 12.1 Å². The Balaban J connectivity index is 1.40. The van der Waals surface area contributed by atoms with Crippen LogP contribution in [0.15, 0.2) is 49.1 Å². The van der Waals surface area contributed by atoms with Gasteiger partial charge in [0.15, 0.2) is 0 Å². The largest absolute Gasteiger partial charge is 0.342 e. The Morgan fingerprint density at radius 1 is 1.10 bits per heavy atom. The van der Waals surface area contributed by atoms with Crippen molar-refractivity contribution in [1.82, 2.24) is 25.2 Å². The highest BCUT2D eigenvalue weighted by atomic mass is 19.3. The quantitative estimate of drug-likeness (QED) is 0.675. The number of aromatic nitrogens is 3. The third-order valence-corrected chi connectivity index (χ3v) is 5.38. The highest BCUT2D eigenvalue weighted by molar-refractivity contribution is 5.87. The number of carbonyl (C=O) groups is 1. The second kappa shape index (κ2) is 9.21. The van der Waals surface area contributed by atoms with Crippen molar-refractivity contribution < 1.29 is 13.6 Å². The summed E-state index contributed by atoms with van der Waals surface area (Å²) < 4.78 is 24.7. The summed E-state index contributed by atoms with van der Waals surface area (Å²) in [6.45, 7) is 0.852. The zero-order valence-corrected chi connectivity index (χ0v) is 16.5. The molecule has 1 saturated heterocycles. The topological polar surface area (TPSA) is 71.0 Å². The van der Waals surface area contributed by atoms with E-state index >= 15 is 0 Å². The molecule has 8 heteroatoms. The number of alkyl halides is 2. The molecule has 6 nitrogen and oxygen atoms in total. The van der Waals surface area contributed by atoms with E-state index in [0.29, 0.717) is 31.6 Å². The van der Waals surface area contributed by atoms with E-state index in [9.17, 15) is 13.6 Å². The number of carbonyl (C=O) groups excluding carboxylic acids is 1. The number of nitrogens with zero attached hydrogens (tertiary/aromatic N) is 4. The van der Waals surface area contributed by atoms with Crippen LogP contribution >= 0.6 is 0 Å². The smallest absolute Gasteiger partial charge is 0.250 e. The van der Waals surface area contributed by atoms with Crippen LogP contribution in [0.1, 0.15) is 18.5 Å². The molecule has 1 fully saturated rings. The van der Waals surface area contributed by atoms with Gasteiger partial charge in [0.05, 0.1) is 30.6 Å². The fourth-order valence-electron chi connectivity index (χ4n) is 3.75. The van der Waals surface area contributed by atoms with Gasteiger partial charge in [-0.05, 0) is 30.4 Å². The summed E-state index contributed by atoms with van der Waals surface area (Å²) in [5, 5.41) is 4.84. The van der Waals surface area contributed by atoms with Crippen LogP contribution in [0, 0.1) is 0 Å². The van der Waals surface area contributed by atoms with Crippen LogP contribution in [0.5, 0.6) is 0 Å². The Morgan fingerprint density at radius 2 is 1.93 bits per heavy atom. The summed E-state index contributed by atoms with van der Waals surface area (Å²) in [5.74, 6) is 0.0132. The van der Waals surface area contributed by atoms with Crippen LogP contribution in [0.25, 0.3) is 22.0 Å². The van der Waals surface area contributed by atoms with Crippen molar-refractivity contribution in [2.45, 2.75) is 31.7 Å². The molecule has 0 bridgehead atoms. The maximum atomic E-state index is 12.7. The minimum Gasteiger partial charge on any atom is -0.342 e. The van der Waals surface area contributed by atoms with E-state index in [1.165, 1.54) is 0 Å². The summed E-state index contributed by atoms with van der Waals surface area (Å²) >= 11 is 0. The number of hydrogen-bond donors (Lipinski definition) is 1. The van der Waals surface area contributed by atoms with E-state index in [2.05, 4.69) is 20.3 Å². The summed E-state index contributed by atoms with van der Waals surface area (Å²) in [5.41, 5.74) is 2.45. The molecule has 1 N–H and O–H groups in total. The van der Waals surface area contributed by atoms with Crippen molar-refractivity contribution in [3.05, 3.63) is 54.7 Å². The van der Waals surface area contributed by atoms with Crippen molar-refractivity contribution in [3.8, 4) is 11.3 Å². The standard InChI is InChI=1S/C22H23F2N5O/c23-21(24)14-28-18-3-7-29(8-4-18)22(30)11-19-10-17-9-15(1-2-16(17)12-27-19)20-13-25-5-6-26-20/h1-2,5-6,9-10,12-13,18,21,28H,3-4,7-8,11,14H2. The van der Waals surface area contributed by atoms with Crippen molar-refractivity contribution >= 4 is 16.7 Å². The predicted octanol–water partition coefficient (Wildman–Crippen LogP) is 3.08. The number of likely N-dealkylation sites (tertiary alicyclic amines) is 1. The second-order valence-electron chi connectivity index (χ2n) is 7.46. The molecule has 0 radical (unpaired) electrons. The summed E-state index contributed by atoms with van der Waals surface area (Å²) in [6, 6.07) is 7.96. The molecule has 1 aliphatic heterocycles. The molecule has 0 aliphatic carbocycles. The lowest BCUT2D eigenvalue weighted by molar-refractivity contribution is -0.131. The molecule has 0 unspecified atom stereocenters. The number of rotatable bonds is 6. The second-order valence-corrected chi connectivity index (χ2v) is 7.46. The number of amides is 1. The number of halogens is 2. The summed E-state index contributed by atoms with van der Waals surface area (Å²) in [4.78, 5) is 27.4. The van der Waals surface area contributed by atoms with Gasteiger partial charge in [0, 0.05) is 48.7 Å². The normalized spacial score (nSPS) is 15.1. The highest BCUT2D eigenvalue weighted by Crippen LogP contribution is 2.23. The van der Waals surface area contributed by atoms with E-state index < -0.39 is 6.43 Å². The first kappa shape index (κ1) is 20.3. The molecule has 0 spiro atoms. The molecule has 156 valence electrons. The number of nitrogens with one attached hydrogen (secondary N) is 1. The monoisotopic (exact) mass is 411 g/mol. The van der Waals surface area contributed by atoms with Crippen molar-refractivity contribution in [3.63, 3.8) is 0 Å². The Hall–Kier alpha value is -3.00. The van der Waals surface area contributed by atoms with E-state index in [1.807, 2.05) is 24.3 Å². The lowest BCUT2D eigenvalue weighted by atomic mass is 10.0. The first-order valence-electron chi connectivity index (χ1n) is 10.0. The Labute approximate surface area is 173 Å². The van der Waals surface area contributed by atoms with Gasteiger partial charge in [0.2, 0.25) is 5.91 Å². The van der Waals surface area contributed by atoms with Gasteiger partial charge < -0.3 is 10.2 Å². The maximum absolute atomic E-state index is 12.7. The lowest BCUT2D eigenvalue weighted by Crippen LogP contribution is -2.46. The molecule has 1 amide bonds. The van der Waals surface area contributed by atoms with Gasteiger partial charge in [0.1, 0.15) is 0 Å². The number of piperidine rings is 1. The van der Waals surface area contributed by atoms with Gasteiger partial charge in [-0.3, -0.25) is 19.7 Å². The lowest BCUT2D eigenvalue weighted by Gasteiger charge is -2.32. The third-order valence-electron chi connectivity index (χ3n) is 5.38.